The predicted octanol–water partition coefficient (Wildman–Crippen LogP) is 1.38. The van der Waals surface area contributed by atoms with Crippen LogP contribution < -0.4 is 5.69 Å². The average Bonchev–Trinajstić information content (AvgIpc) is 2.60. The Morgan fingerprint density at radius 2 is 2.18 bits per heavy atom. The Balaban J connectivity index is 2.31. The lowest BCUT2D eigenvalue weighted by molar-refractivity contribution is 0.226. The van der Waals surface area contributed by atoms with Crippen LogP contribution in [0.5, 0.6) is 0 Å². The molecule has 0 aliphatic carbocycles. The zero-order chi connectivity index (χ0) is 12.2. The summed E-state index contributed by atoms with van der Waals surface area (Å²) in [6, 6.07) is 6.50. The molecular weight excluding hydrogens is 214 g/mol. The van der Waals surface area contributed by atoms with Crippen molar-refractivity contribution < 1.29 is 0 Å². The summed E-state index contributed by atoms with van der Waals surface area (Å²) in [7, 11) is 4.15. The number of benzene rings is 1. The number of aromatic nitrogens is 2. The minimum atomic E-state index is 0.00574. The van der Waals surface area contributed by atoms with E-state index >= 15 is 0 Å². The summed E-state index contributed by atoms with van der Waals surface area (Å²) < 4.78 is 1.87. The fourth-order valence-corrected chi connectivity index (χ4v) is 2.95. The first kappa shape index (κ1) is 10.6. The van der Waals surface area contributed by atoms with Crippen molar-refractivity contribution in [2.45, 2.75) is 25.4 Å². The van der Waals surface area contributed by atoms with Crippen LogP contribution in [0.4, 0.5) is 0 Å². The van der Waals surface area contributed by atoms with Crippen molar-refractivity contribution in [3.05, 3.63) is 34.2 Å². The van der Waals surface area contributed by atoms with Crippen molar-refractivity contribution in [2.24, 2.45) is 0 Å². The van der Waals surface area contributed by atoms with Crippen LogP contribution in [0.3, 0.4) is 0 Å². The van der Waals surface area contributed by atoms with Crippen molar-refractivity contribution in [3.63, 3.8) is 0 Å². The first-order valence-corrected chi connectivity index (χ1v) is 5.97. The second kappa shape index (κ2) is 3.47. The number of para-hydroxylation sites is 1. The topological polar surface area (TPSA) is 41.0 Å². The Hall–Kier alpha value is -1.55. The number of H-pyrrole nitrogens is 1. The van der Waals surface area contributed by atoms with E-state index in [0.29, 0.717) is 12.0 Å². The highest BCUT2D eigenvalue weighted by Crippen LogP contribution is 2.32. The average molecular weight is 231 g/mol. The third-order valence-electron chi connectivity index (χ3n) is 3.92. The predicted molar refractivity (Wildman–Crippen MR) is 68.4 cm³/mol. The fourth-order valence-electron chi connectivity index (χ4n) is 2.95. The van der Waals surface area contributed by atoms with Gasteiger partial charge >= 0.3 is 5.69 Å². The number of hydrogen-bond donors (Lipinski definition) is 1. The Labute approximate surface area is 99.9 Å². The lowest BCUT2D eigenvalue weighted by Gasteiger charge is -2.34. The zero-order valence-electron chi connectivity index (χ0n) is 10.4. The second-order valence-corrected chi connectivity index (χ2v) is 5.10. The summed E-state index contributed by atoms with van der Waals surface area (Å²) in [5, 5.41) is 0. The summed E-state index contributed by atoms with van der Waals surface area (Å²) >= 11 is 0. The van der Waals surface area contributed by atoms with Gasteiger partial charge in [-0.3, -0.25) is 4.57 Å². The molecule has 2 atom stereocenters. The zero-order valence-corrected chi connectivity index (χ0v) is 10.4. The van der Waals surface area contributed by atoms with Gasteiger partial charge in [0.15, 0.2) is 0 Å². The summed E-state index contributed by atoms with van der Waals surface area (Å²) in [6.07, 6.45) is 0. The minimum Gasteiger partial charge on any atom is -0.306 e. The third-order valence-corrected chi connectivity index (χ3v) is 3.92. The van der Waals surface area contributed by atoms with Crippen LogP contribution in [0.15, 0.2) is 23.0 Å². The van der Waals surface area contributed by atoms with Crippen LogP contribution in [0.25, 0.3) is 11.0 Å². The summed E-state index contributed by atoms with van der Waals surface area (Å²) in [5.41, 5.74) is 3.32. The highest BCUT2D eigenvalue weighted by molar-refractivity contribution is 5.80. The van der Waals surface area contributed by atoms with Crippen molar-refractivity contribution in [3.8, 4) is 0 Å². The monoisotopic (exact) mass is 231 g/mol. The van der Waals surface area contributed by atoms with Gasteiger partial charge in [0.2, 0.25) is 0 Å². The van der Waals surface area contributed by atoms with Gasteiger partial charge in [-0.25, -0.2) is 4.79 Å². The van der Waals surface area contributed by atoms with Crippen LogP contribution in [-0.4, -0.2) is 34.6 Å². The van der Waals surface area contributed by atoms with E-state index in [1.807, 2.05) is 16.7 Å². The highest BCUT2D eigenvalue weighted by Gasteiger charge is 2.30. The van der Waals surface area contributed by atoms with E-state index in [1.54, 1.807) is 0 Å². The highest BCUT2D eigenvalue weighted by atomic mass is 16.1. The number of imidazole rings is 1. The lowest BCUT2D eigenvalue weighted by Crippen LogP contribution is -2.41. The van der Waals surface area contributed by atoms with Gasteiger partial charge in [0.05, 0.1) is 11.0 Å². The number of nitrogens with one attached hydrogen (secondary N) is 1. The van der Waals surface area contributed by atoms with Gasteiger partial charge in [-0.1, -0.05) is 19.1 Å². The largest absolute Gasteiger partial charge is 0.326 e. The normalized spacial score (nSPS) is 23.5. The number of likely N-dealkylation sites (N-methyl/N-ethyl adjacent to an activating group) is 1. The Bertz CT molecular complexity index is 623. The number of rotatable bonds is 1. The molecule has 1 aliphatic rings. The molecule has 1 N–H and O–H groups in total. The molecule has 2 heterocycles. The molecule has 1 aromatic carbocycles. The fraction of sp³-hybridized carbons (Fsp3) is 0.462. The van der Waals surface area contributed by atoms with E-state index in [-0.39, 0.29) is 5.69 Å². The number of hydrogen-bond acceptors (Lipinski definition) is 2. The molecular formula is C13H17N3O. The lowest BCUT2D eigenvalue weighted by atomic mass is 9.89. The van der Waals surface area contributed by atoms with Gasteiger partial charge in [0, 0.05) is 18.5 Å². The molecule has 4 nitrogen and oxygen atoms in total. The standard InChI is InChI=1S/C13H17N3O/c1-8-9-5-4-6-10-12(9)16(13(17)14-10)7-11(8)15(2)3/h4-6,8,11H,7H2,1-3H3,(H,14,17). The Morgan fingerprint density at radius 1 is 1.41 bits per heavy atom. The maximum absolute atomic E-state index is 11.9. The Morgan fingerprint density at radius 3 is 2.88 bits per heavy atom. The molecule has 2 unspecified atom stereocenters. The van der Waals surface area contributed by atoms with Crippen LogP contribution in [0.1, 0.15) is 18.4 Å². The van der Waals surface area contributed by atoms with E-state index in [9.17, 15) is 4.79 Å². The molecule has 0 radical (unpaired) electrons. The number of nitrogens with zero attached hydrogens (tertiary/aromatic N) is 2. The Kier molecular flexibility index (Phi) is 2.16. The van der Waals surface area contributed by atoms with Gasteiger partial charge in [0.25, 0.3) is 0 Å². The summed E-state index contributed by atoms with van der Waals surface area (Å²) in [6.45, 7) is 3.00. The second-order valence-electron chi connectivity index (χ2n) is 5.10. The maximum Gasteiger partial charge on any atom is 0.326 e. The van der Waals surface area contributed by atoms with Crippen LogP contribution in [-0.2, 0) is 6.54 Å². The molecule has 3 rings (SSSR count). The van der Waals surface area contributed by atoms with Gasteiger partial charge in [-0.05, 0) is 25.7 Å². The van der Waals surface area contributed by atoms with Crippen molar-refractivity contribution in [1.29, 1.82) is 0 Å². The molecule has 0 saturated carbocycles. The molecule has 0 fully saturated rings. The van der Waals surface area contributed by atoms with Crippen LogP contribution in [0.2, 0.25) is 0 Å². The van der Waals surface area contributed by atoms with E-state index < -0.39 is 0 Å². The molecule has 0 bridgehead atoms. The van der Waals surface area contributed by atoms with Crippen LogP contribution in [0, 0.1) is 0 Å². The molecule has 90 valence electrons. The van der Waals surface area contributed by atoms with Gasteiger partial charge in [-0.15, -0.1) is 0 Å². The van der Waals surface area contributed by atoms with Crippen LogP contribution >= 0.6 is 0 Å². The number of aromatic amines is 1. The molecule has 0 saturated heterocycles. The maximum atomic E-state index is 11.9. The van der Waals surface area contributed by atoms with E-state index in [2.05, 4.69) is 37.0 Å². The first-order valence-electron chi connectivity index (χ1n) is 5.97. The molecule has 17 heavy (non-hydrogen) atoms. The van der Waals surface area contributed by atoms with Gasteiger partial charge < -0.3 is 9.88 Å². The third kappa shape index (κ3) is 1.37. The van der Waals surface area contributed by atoms with Crippen molar-refractivity contribution >= 4 is 11.0 Å². The summed E-state index contributed by atoms with van der Waals surface area (Å²) in [4.78, 5) is 17.0. The molecule has 1 aromatic heterocycles. The summed E-state index contributed by atoms with van der Waals surface area (Å²) in [5.74, 6) is 0.448. The van der Waals surface area contributed by atoms with Gasteiger partial charge in [0.1, 0.15) is 0 Å². The molecule has 0 amide bonds. The minimum absolute atomic E-state index is 0.00574. The van der Waals surface area contributed by atoms with E-state index in [4.69, 9.17) is 0 Å². The SMILES string of the molecule is CC1c2cccc3[nH]c(=O)n(c23)CC1N(C)C. The smallest absolute Gasteiger partial charge is 0.306 e. The molecule has 4 heteroatoms. The molecule has 0 spiro atoms. The van der Waals surface area contributed by atoms with Crippen molar-refractivity contribution in [1.82, 2.24) is 14.5 Å². The van der Waals surface area contributed by atoms with Gasteiger partial charge in [-0.2, -0.15) is 0 Å². The van der Waals surface area contributed by atoms with Crippen molar-refractivity contribution in [2.75, 3.05) is 14.1 Å². The molecule has 1 aliphatic heterocycles. The van der Waals surface area contributed by atoms with E-state index in [0.717, 1.165) is 17.6 Å². The quantitative estimate of drug-likeness (QED) is 0.805. The molecule has 2 aromatic rings. The van der Waals surface area contributed by atoms with E-state index in [1.165, 1.54) is 5.56 Å². The first-order chi connectivity index (χ1) is 8.09.